The summed E-state index contributed by atoms with van der Waals surface area (Å²) < 4.78 is 0. The summed E-state index contributed by atoms with van der Waals surface area (Å²) in [5.41, 5.74) is 0. The van der Waals surface area contributed by atoms with E-state index in [-0.39, 0.29) is 0 Å². The lowest BCUT2D eigenvalue weighted by Crippen LogP contribution is -2.18. The third kappa shape index (κ3) is 2.97. The van der Waals surface area contributed by atoms with E-state index in [9.17, 15) is 0 Å². The van der Waals surface area contributed by atoms with Gasteiger partial charge < -0.3 is 9.74 Å². The van der Waals surface area contributed by atoms with E-state index in [2.05, 4.69) is 9.83 Å². The molecule has 0 unspecified atom stereocenters. The molecule has 1 heterocycles. The van der Waals surface area contributed by atoms with E-state index in [4.69, 9.17) is 5.90 Å². The normalized spacial score (nSPS) is 15.5. The Morgan fingerprint density at radius 3 is 3.18 bits per heavy atom. The Bertz CT molecular complexity index is 170. The van der Waals surface area contributed by atoms with Gasteiger partial charge in [0.2, 0.25) is 0 Å². The molecule has 0 saturated heterocycles. The van der Waals surface area contributed by atoms with Crippen molar-refractivity contribution in [1.82, 2.24) is 4.90 Å². The first-order chi connectivity index (χ1) is 5.43. The summed E-state index contributed by atoms with van der Waals surface area (Å²) in [6.07, 6.45) is 9.07. The molecule has 60 valence electrons. The van der Waals surface area contributed by atoms with Crippen molar-refractivity contribution in [3.8, 4) is 0 Å². The molecular weight excluding hydrogens is 142 g/mol. The molecule has 11 heavy (non-hydrogen) atoms. The zero-order valence-electron chi connectivity index (χ0n) is 6.18. The molecule has 0 atom stereocenters. The Balaban J connectivity index is 2.34. The first-order valence-electron chi connectivity index (χ1n) is 3.37. The summed E-state index contributed by atoms with van der Waals surface area (Å²) in [5.74, 6) is 4.88. The molecule has 0 saturated carbocycles. The summed E-state index contributed by atoms with van der Waals surface area (Å²) in [5, 5.41) is 0. The van der Waals surface area contributed by atoms with Gasteiger partial charge in [0.25, 0.3) is 0 Å². The lowest BCUT2D eigenvalue weighted by atomic mass is 10.5. The maximum atomic E-state index is 4.88. The van der Waals surface area contributed by atoms with E-state index in [0.29, 0.717) is 6.61 Å². The van der Waals surface area contributed by atoms with Crippen LogP contribution in [0.15, 0.2) is 29.7 Å². The van der Waals surface area contributed by atoms with E-state index < -0.39 is 0 Å². The highest BCUT2D eigenvalue weighted by Crippen LogP contribution is 1.94. The highest BCUT2D eigenvalue weighted by molar-refractivity contribution is 5.71. The van der Waals surface area contributed by atoms with Crippen LogP contribution in [0.5, 0.6) is 0 Å². The number of nitrogens with zero attached hydrogens (tertiary/aromatic N) is 2. The lowest BCUT2D eigenvalue weighted by Gasteiger charge is -2.12. The second kappa shape index (κ2) is 4.65. The standard InChI is InChI=1S/C7H11N3O/c8-11-7-6-10-4-1-2-9-3-5-10/h1-5H,6-8H2. The molecule has 1 aliphatic heterocycles. The second-order valence-corrected chi connectivity index (χ2v) is 2.05. The van der Waals surface area contributed by atoms with Gasteiger partial charge in [-0.05, 0) is 6.08 Å². The average molecular weight is 153 g/mol. The molecule has 0 aromatic carbocycles. The summed E-state index contributed by atoms with van der Waals surface area (Å²) in [6, 6.07) is 0. The summed E-state index contributed by atoms with van der Waals surface area (Å²) in [4.78, 5) is 10.3. The molecule has 2 N–H and O–H groups in total. The van der Waals surface area contributed by atoms with Gasteiger partial charge >= 0.3 is 0 Å². The van der Waals surface area contributed by atoms with E-state index in [1.165, 1.54) is 0 Å². The zero-order valence-corrected chi connectivity index (χ0v) is 6.18. The maximum absolute atomic E-state index is 4.88. The van der Waals surface area contributed by atoms with Crippen LogP contribution in [-0.2, 0) is 4.84 Å². The summed E-state index contributed by atoms with van der Waals surface area (Å²) in [7, 11) is 0. The van der Waals surface area contributed by atoms with Gasteiger partial charge in [-0.2, -0.15) is 0 Å². The molecule has 4 heteroatoms. The van der Waals surface area contributed by atoms with Crippen molar-refractivity contribution in [2.45, 2.75) is 0 Å². The molecule has 0 aromatic rings. The Labute approximate surface area is 65.6 Å². The van der Waals surface area contributed by atoms with Crippen molar-refractivity contribution in [3.63, 3.8) is 0 Å². The number of hydrogen-bond donors (Lipinski definition) is 1. The molecule has 4 nitrogen and oxygen atoms in total. The van der Waals surface area contributed by atoms with E-state index in [1.807, 2.05) is 23.4 Å². The minimum atomic E-state index is 0.509. The fourth-order valence-electron chi connectivity index (χ4n) is 0.729. The first-order valence-corrected chi connectivity index (χ1v) is 3.37. The van der Waals surface area contributed by atoms with Crippen molar-refractivity contribution in [3.05, 3.63) is 24.7 Å². The van der Waals surface area contributed by atoms with Crippen molar-refractivity contribution in [2.75, 3.05) is 13.2 Å². The lowest BCUT2D eigenvalue weighted by molar-refractivity contribution is 0.127. The van der Waals surface area contributed by atoms with Crippen LogP contribution in [0.1, 0.15) is 0 Å². The predicted octanol–water partition coefficient (Wildman–Crippen LogP) is 0.248. The molecule has 0 bridgehead atoms. The van der Waals surface area contributed by atoms with E-state index in [0.717, 1.165) is 6.54 Å². The number of aliphatic imine (C=N–C) groups is 1. The van der Waals surface area contributed by atoms with E-state index >= 15 is 0 Å². The van der Waals surface area contributed by atoms with Crippen LogP contribution >= 0.6 is 0 Å². The van der Waals surface area contributed by atoms with Crippen molar-refractivity contribution < 1.29 is 4.84 Å². The first kappa shape index (κ1) is 7.97. The molecule has 1 rings (SSSR count). The average Bonchev–Trinajstić information content (AvgIpc) is 2.28. The van der Waals surface area contributed by atoms with Gasteiger partial charge in [0.05, 0.1) is 6.61 Å². The Hall–Kier alpha value is -1.13. The van der Waals surface area contributed by atoms with Gasteiger partial charge in [0.1, 0.15) is 0 Å². The number of nitrogens with two attached hydrogens (primary N) is 1. The van der Waals surface area contributed by atoms with Crippen LogP contribution in [0, 0.1) is 0 Å². The van der Waals surface area contributed by atoms with Gasteiger partial charge in [-0.25, -0.2) is 5.90 Å². The maximum Gasteiger partial charge on any atom is 0.0858 e. The Morgan fingerprint density at radius 2 is 2.36 bits per heavy atom. The third-order valence-electron chi connectivity index (χ3n) is 1.26. The van der Waals surface area contributed by atoms with Crippen molar-refractivity contribution in [2.24, 2.45) is 10.9 Å². The summed E-state index contributed by atoms with van der Waals surface area (Å²) >= 11 is 0. The van der Waals surface area contributed by atoms with Gasteiger partial charge in [-0.15, -0.1) is 0 Å². The van der Waals surface area contributed by atoms with Crippen LogP contribution < -0.4 is 5.90 Å². The minimum absolute atomic E-state index is 0.509. The predicted molar refractivity (Wildman–Crippen MR) is 43.6 cm³/mol. The van der Waals surface area contributed by atoms with Gasteiger partial charge in [-0.1, -0.05) is 0 Å². The zero-order chi connectivity index (χ0) is 7.94. The fraction of sp³-hybridized carbons (Fsp3) is 0.286. The monoisotopic (exact) mass is 153 g/mol. The Morgan fingerprint density at radius 1 is 1.45 bits per heavy atom. The smallest absolute Gasteiger partial charge is 0.0858 e. The quantitative estimate of drug-likeness (QED) is 0.591. The molecule has 0 fully saturated rings. The largest absolute Gasteiger partial charge is 0.350 e. The van der Waals surface area contributed by atoms with Crippen LogP contribution in [-0.4, -0.2) is 24.3 Å². The van der Waals surface area contributed by atoms with Gasteiger partial charge in [0, 0.05) is 31.4 Å². The van der Waals surface area contributed by atoms with Gasteiger partial charge in [-0.3, -0.25) is 4.99 Å². The highest BCUT2D eigenvalue weighted by atomic mass is 16.6. The molecule has 0 spiro atoms. The number of allylic oxidation sites excluding steroid dienone is 1. The molecule has 0 aliphatic carbocycles. The molecule has 0 radical (unpaired) electrons. The molecular formula is C7H11N3O. The SMILES string of the molecule is NOCCN1C=CC=NC=C1. The van der Waals surface area contributed by atoms with E-state index in [1.54, 1.807) is 12.4 Å². The molecule has 1 aliphatic rings. The van der Waals surface area contributed by atoms with Crippen LogP contribution in [0.4, 0.5) is 0 Å². The third-order valence-corrected chi connectivity index (χ3v) is 1.26. The van der Waals surface area contributed by atoms with Crippen LogP contribution in [0.25, 0.3) is 0 Å². The topological polar surface area (TPSA) is 50.9 Å². The number of hydrogen-bond acceptors (Lipinski definition) is 4. The van der Waals surface area contributed by atoms with Crippen LogP contribution in [0.2, 0.25) is 0 Å². The Kier molecular flexibility index (Phi) is 3.37. The second-order valence-electron chi connectivity index (χ2n) is 2.05. The summed E-state index contributed by atoms with van der Waals surface area (Å²) in [6.45, 7) is 1.25. The van der Waals surface area contributed by atoms with Crippen LogP contribution in [0.3, 0.4) is 0 Å². The fourth-order valence-corrected chi connectivity index (χ4v) is 0.729. The highest BCUT2D eigenvalue weighted by Gasteiger charge is 1.93. The minimum Gasteiger partial charge on any atom is -0.350 e. The molecule has 0 aromatic heterocycles. The van der Waals surface area contributed by atoms with Crippen molar-refractivity contribution in [1.29, 1.82) is 0 Å². The molecule has 0 amide bonds. The number of rotatable bonds is 3. The van der Waals surface area contributed by atoms with Crippen molar-refractivity contribution >= 4 is 6.21 Å². The van der Waals surface area contributed by atoms with Gasteiger partial charge in [0.15, 0.2) is 0 Å².